The molecular formula is C39H45NO5S3. The molecule has 2 heterocycles. The normalized spacial score (nSPS) is 25.1. The molecule has 7 rings (SSSR count). The van der Waals surface area contributed by atoms with Gasteiger partial charge in [0.2, 0.25) is 0 Å². The van der Waals surface area contributed by atoms with Crippen molar-refractivity contribution in [3.63, 3.8) is 0 Å². The highest BCUT2D eigenvalue weighted by atomic mass is 32.2. The van der Waals surface area contributed by atoms with Gasteiger partial charge in [-0.05, 0) is 104 Å². The van der Waals surface area contributed by atoms with Gasteiger partial charge in [0.15, 0.2) is 5.78 Å². The smallest absolute Gasteiger partial charge is 0.252 e. The van der Waals surface area contributed by atoms with Crippen LogP contribution in [-0.4, -0.2) is 53.5 Å². The fourth-order valence-electron chi connectivity index (χ4n) is 7.74. The van der Waals surface area contributed by atoms with E-state index in [9.17, 15) is 23.4 Å². The van der Waals surface area contributed by atoms with E-state index in [2.05, 4.69) is 19.9 Å². The minimum atomic E-state index is -3.86. The molecule has 4 aromatic rings. The summed E-state index contributed by atoms with van der Waals surface area (Å²) in [6, 6.07) is 22.6. The molecule has 0 aliphatic heterocycles. The van der Waals surface area contributed by atoms with Gasteiger partial charge in [-0.25, -0.2) is 8.42 Å². The van der Waals surface area contributed by atoms with Crippen LogP contribution in [0.4, 0.5) is 0 Å². The van der Waals surface area contributed by atoms with Crippen LogP contribution in [0.5, 0.6) is 0 Å². The Bertz CT molecular complexity index is 1840. The second-order valence-electron chi connectivity index (χ2n) is 13.7. The predicted molar refractivity (Wildman–Crippen MR) is 194 cm³/mol. The van der Waals surface area contributed by atoms with Crippen LogP contribution in [0.25, 0.3) is 0 Å². The lowest BCUT2D eigenvalue weighted by Crippen LogP contribution is -2.54. The van der Waals surface area contributed by atoms with Crippen molar-refractivity contribution in [2.75, 3.05) is 13.1 Å². The Morgan fingerprint density at radius 3 is 2.48 bits per heavy atom. The molecule has 2 aromatic heterocycles. The molecule has 0 saturated heterocycles. The van der Waals surface area contributed by atoms with E-state index in [1.54, 1.807) is 28.8 Å². The minimum Gasteiger partial charge on any atom is -0.393 e. The van der Waals surface area contributed by atoms with Crippen LogP contribution in [0, 0.1) is 5.41 Å². The first-order chi connectivity index (χ1) is 23.0. The van der Waals surface area contributed by atoms with Gasteiger partial charge >= 0.3 is 0 Å². The highest BCUT2D eigenvalue weighted by Crippen LogP contribution is 2.59. The number of sulfonamides is 1. The molecule has 1 saturated carbocycles. The Morgan fingerprint density at radius 2 is 1.75 bits per heavy atom. The van der Waals surface area contributed by atoms with Crippen molar-refractivity contribution in [3.8, 4) is 0 Å². The molecule has 254 valence electrons. The third-order valence-corrected chi connectivity index (χ3v) is 14.8. The molecule has 2 aromatic carbocycles. The summed E-state index contributed by atoms with van der Waals surface area (Å²) in [6.07, 6.45) is 6.41. The lowest BCUT2D eigenvalue weighted by atomic mass is 9.64. The lowest BCUT2D eigenvalue weighted by Gasteiger charge is -2.46. The number of nitrogens with zero attached hydrogens (tertiary/aromatic N) is 1. The van der Waals surface area contributed by atoms with Crippen LogP contribution in [0.2, 0.25) is 0 Å². The molecule has 0 radical (unpaired) electrons. The average molecular weight is 704 g/mol. The van der Waals surface area contributed by atoms with Gasteiger partial charge in [-0.15, -0.1) is 22.7 Å². The topological polar surface area (TPSA) is 94.9 Å². The fourth-order valence-corrected chi connectivity index (χ4v) is 11.1. The van der Waals surface area contributed by atoms with Crippen molar-refractivity contribution >= 4 is 38.5 Å². The second kappa shape index (κ2) is 14.5. The largest absolute Gasteiger partial charge is 0.393 e. The zero-order chi connectivity index (χ0) is 33.9. The van der Waals surface area contributed by atoms with Crippen molar-refractivity contribution < 1.29 is 23.4 Å². The summed E-state index contributed by atoms with van der Waals surface area (Å²) in [5.74, 6) is -0.273. The Labute approximate surface area is 292 Å². The van der Waals surface area contributed by atoms with E-state index in [0.717, 1.165) is 22.4 Å². The highest BCUT2D eigenvalue weighted by molar-refractivity contribution is 7.91. The zero-order valence-corrected chi connectivity index (χ0v) is 30.1. The number of hydrogen-bond donors (Lipinski definition) is 2. The number of ketones is 1. The van der Waals surface area contributed by atoms with Crippen molar-refractivity contribution in [2.45, 2.75) is 87.0 Å². The number of carbonyl (C=O) groups excluding carboxylic acids is 1. The van der Waals surface area contributed by atoms with Crippen LogP contribution in [0.15, 0.2) is 99.4 Å². The number of aliphatic hydroxyl groups is 2. The summed E-state index contributed by atoms with van der Waals surface area (Å²) >= 11 is 2.80. The number of aliphatic hydroxyl groups excluding tert-OH is 1. The third kappa shape index (κ3) is 7.18. The number of allylic oxidation sites excluding steroid dienone is 2. The van der Waals surface area contributed by atoms with E-state index in [4.69, 9.17) is 0 Å². The Morgan fingerprint density at radius 1 is 0.979 bits per heavy atom. The summed E-state index contributed by atoms with van der Waals surface area (Å²) < 4.78 is 30.1. The van der Waals surface area contributed by atoms with Gasteiger partial charge in [0.05, 0.1) is 11.7 Å². The van der Waals surface area contributed by atoms with Crippen LogP contribution in [-0.2, 0) is 22.9 Å². The average Bonchev–Trinajstić information content (AvgIpc) is 3.85. The molecule has 3 aliphatic rings. The summed E-state index contributed by atoms with van der Waals surface area (Å²) in [7, 11) is -3.86. The number of rotatable bonds is 9. The van der Waals surface area contributed by atoms with Crippen LogP contribution in [0.1, 0.15) is 90.2 Å². The molecule has 6 nitrogen and oxygen atoms in total. The monoisotopic (exact) mass is 703 g/mol. The first-order valence-electron chi connectivity index (χ1n) is 16.8. The van der Waals surface area contributed by atoms with Crippen LogP contribution >= 0.6 is 22.7 Å². The van der Waals surface area contributed by atoms with E-state index in [0.29, 0.717) is 56.1 Å². The van der Waals surface area contributed by atoms with Gasteiger partial charge in [0.25, 0.3) is 10.0 Å². The minimum absolute atomic E-state index is 0.0272. The molecule has 2 N–H and O–H groups in total. The van der Waals surface area contributed by atoms with Gasteiger partial charge in [-0.2, -0.15) is 4.31 Å². The highest BCUT2D eigenvalue weighted by Gasteiger charge is 2.58. The van der Waals surface area contributed by atoms with Crippen molar-refractivity contribution in [1.82, 2.24) is 4.31 Å². The van der Waals surface area contributed by atoms with E-state index < -0.39 is 27.1 Å². The molecule has 1 fully saturated rings. The Hall–Kier alpha value is -2.92. The fraction of sp³-hybridized carbons (Fsp3) is 0.410. The van der Waals surface area contributed by atoms with E-state index in [1.807, 2.05) is 66.0 Å². The van der Waals surface area contributed by atoms with E-state index >= 15 is 0 Å². The molecule has 48 heavy (non-hydrogen) atoms. The SMILES string of the molecule is CC1=CCC[C@@]2(C)[C@@H](CC[C@@]2(O)CN(CCc2cccs2)S(=O)(=O)c2cccs2)c2ccc(cc2C(=O)c2ccccc2)C[C@@H](O)CC1. The second-order valence-corrected chi connectivity index (χ2v) is 17.9. The first kappa shape index (κ1) is 34.9. The Balaban J connectivity index is 1.43. The number of hydrogen-bond acceptors (Lipinski definition) is 7. The summed E-state index contributed by atoms with van der Waals surface area (Å²) in [6.45, 7) is 4.42. The van der Waals surface area contributed by atoms with Crippen LogP contribution < -0.4 is 0 Å². The van der Waals surface area contributed by atoms with Gasteiger partial charge in [-0.1, -0.05) is 73.2 Å². The van der Waals surface area contributed by atoms with Crippen LogP contribution in [0.3, 0.4) is 0 Å². The predicted octanol–water partition coefficient (Wildman–Crippen LogP) is 8.01. The third-order valence-electron chi connectivity index (χ3n) is 10.7. The number of thiophene rings is 2. The van der Waals surface area contributed by atoms with Gasteiger partial charge in [-0.3, -0.25) is 4.79 Å². The maximum atomic E-state index is 14.2. The zero-order valence-electron chi connectivity index (χ0n) is 27.7. The molecule has 3 aliphatic carbocycles. The molecule has 4 atom stereocenters. The summed E-state index contributed by atoms with van der Waals surface area (Å²) in [5.41, 5.74) is 2.07. The van der Waals surface area contributed by atoms with E-state index in [-0.39, 0.29) is 29.0 Å². The molecule has 0 unspecified atom stereocenters. The molecule has 0 amide bonds. The van der Waals surface area contributed by atoms with Gasteiger partial charge < -0.3 is 10.2 Å². The summed E-state index contributed by atoms with van der Waals surface area (Å²) in [5, 5.41) is 27.6. The van der Waals surface area contributed by atoms with Gasteiger partial charge in [0, 0.05) is 34.5 Å². The number of benzene rings is 2. The van der Waals surface area contributed by atoms with Crippen molar-refractivity contribution in [3.05, 3.63) is 122 Å². The van der Waals surface area contributed by atoms with Crippen molar-refractivity contribution in [2.24, 2.45) is 5.41 Å². The molecule has 0 spiro atoms. The molecule has 2 bridgehead atoms. The molecule has 9 heteroatoms. The number of carbonyl (C=O) groups is 1. The molecular weight excluding hydrogens is 659 g/mol. The lowest BCUT2D eigenvalue weighted by molar-refractivity contribution is -0.0722. The quantitative estimate of drug-likeness (QED) is 0.136. The van der Waals surface area contributed by atoms with Gasteiger partial charge in [0.1, 0.15) is 4.21 Å². The maximum Gasteiger partial charge on any atom is 0.252 e. The van der Waals surface area contributed by atoms with E-state index in [1.165, 1.54) is 21.2 Å². The Kier molecular flexibility index (Phi) is 10.6. The summed E-state index contributed by atoms with van der Waals surface area (Å²) in [4.78, 5) is 15.3. The number of fused-ring (bicyclic) bond motifs is 8. The first-order valence-corrected chi connectivity index (χ1v) is 20.0. The van der Waals surface area contributed by atoms with Crippen molar-refractivity contribution in [1.29, 1.82) is 0 Å². The maximum absolute atomic E-state index is 14.2. The standard InChI is InChI=1S/C39H45NO5S3/c1-28-9-6-20-38(2)35(33-17-15-29(25-31(41)16-14-28)26-34(33)37(42)30-10-4-3-5-11-30)18-21-39(38,43)27-40(22-19-32-12-7-23-46-32)48(44,45)36-13-8-24-47-36/h3-5,7-13,15,17,23-24,26,31,35,41,43H,6,14,16,18-22,25,27H2,1-2H3/t31-,35-,38-,39+/m0/s1.